The molecule has 0 aromatic carbocycles. The third-order valence-electron chi connectivity index (χ3n) is 3.83. The molecular formula is C19H33NO5. The molecule has 0 radical (unpaired) electrons. The van der Waals surface area contributed by atoms with Gasteiger partial charge in [-0.05, 0) is 60.3 Å². The van der Waals surface area contributed by atoms with E-state index in [4.69, 9.17) is 9.47 Å². The Morgan fingerprint density at radius 3 is 2.04 bits per heavy atom. The minimum Gasteiger partial charge on any atom is -0.460 e. The van der Waals surface area contributed by atoms with Gasteiger partial charge < -0.3 is 9.47 Å². The van der Waals surface area contributed by atoms with E-state index < -0.39 is 28.7 Å². The fourth-order valence-corrected chi connectivity index (χ4v) is 3.17. The van der Waals surface area contributed by atoms with Crippen LogP contribution >= 0.6 is 0 Å². The van der Waals surface area contributed by atoms with Gasteiger partial charge in [0.1, 0.15) is 11.2 Å². The SMILES string of the molecule is CC(C)C[C@@]1(CC(=O)OC(C)(C)C)CCN(C(=O)OC(C)(C)C)C1=O. The Bertz CT molecular complexity index is 527. The van der Waals surface area contributed by atoms with Crippen molar-refractivity contribution in [3.8, 4) is 0 Å². The quantitative estimate of drug-likeness (QED) is 0.715. The highest BCUT2D eigenvalue weighted by molar-refractivity contribution is 5.99. The summed E-state index contributed by atoms with van der Waals surface area (Å²) >= 11 is 0. The van der Waals surface area contributed by atoms with Gasteiger partial charge >= 0.3 is 12.1 Å². The van der Waals surface area contributed by atoms with Crippen molar-refractivity contribution < 1.29 is 23.9 Å². The van der Waals surface area contributed by atoms with E-state index in [0.29, 0.717) is 12.8 Å². The van der Waals surface area contributed by atoms with Crippen LogP contribution in [0.25, 0.3) is 0 Å². The third kappa shape index (κ3) is 6.33. The number of esters is 1. The second kappa shape index (κ2) is 7.34. The lowest BCUT2D eigenvalue weighted by Gasteiger charge is -2.30. The van der Waals surface area contributed by atoms with E-state index in [1.807, 2.05) is 13.8 Å². The smallest absolute Gasteiger partial charge is 0.417 e. The number of amides is 2. The summed E-state index contributed by atoms with van der Waals surface area (Å²) in [7, 11) is 0. The maximum absolute atomic E-state index is 13.0. The van der Waals surface area contributed by atoms with Crippen LogP contribution < -0.4 is 0 Å². The first-order valence-electron chi connectivity index (χ1n) is 8.92. The van der Waals surface area contributed by atoms with E-state index in [9.17, 15) is 14.4 Å². The highest BCUT2D eigenvalue weighted by atomic mass is 16.6. The summed E-state index contributed by atoms with van der Waals surface area (Å²) in [6.45, 7) is 14.9. The van der Waals surface area contributed by atoms with Gasteiger partial charge in [-0.15, -0.1) is 0 Å². The molecule has 25 heavy (non-hydrogen) atoms. The predicted molar refractivity (Wildman–Crippen MR) is 94.9 cm³/mol. The molecule has 0 bridgehead atoms. The molecule has 0 aromatic rings. The number of rotatable bonds is 4. The van der Waals surface area contributed by atoms with E-state index in [-0.39, 0.29) is 24.8 Å². The van der Waals surface area contributed by atoms with Crippen molar-refractivity contribution in [3.63, 3.8) is 0 Å². The molecule has 1 atom stereocenters. The van der Waals surface area contributed by atoms with Gasteiger partial charge in [0.05, 0.1) is 11.8 Å². The van der Waals surface area contributed by atoms with Crippen LogP contribution in [-0.4, -0.2) is 40.6 Å². The normalized spacial score (nSPS) is 21.6. The summed E-state index contributed by atoms with van der Waals surface area (Å²) in [5.41, 5.74) is -2.18. The summed E-state index contributed by atoms with van der Waals surface area (Å²) in [4.78, 5) is 38.8. The molecule has 0 spiro atoms. The first kappa shape index (κ1) is 21.5. The van der Waals surface area contributed by atoms with Crippen molar-refractivity contribution in [3.05, 3.63) is 0 Å². The minimum atomic E-state index is -0.895. The van der Waals surface area contributed by atoms with Crippen molar-refractivity contribution >= 4 is 18.0 Å². The van der Waals surface area contributed by atoms with Crippen LogP contribution in [0.4, 0.5) is 4.79 Å². The number of likely N-dealkylation sites (tertiary alicyclic amines) is 1. The number of nitrogens with zero attached hydrogens (tertiary/aromatic N) is 1. The van der Waals surface area contributed by atoms with Gasteiger partial charge in [0.15, 0.2) is 0 Å². The molecule has 2 amide bonds. The third-order valence-corrected chi connectivity index (χ3v) is 3.83. The molecule has 6 nitrogen and oxygen atoms in total. The molecule has 0 unspecified atom stereocenters. The number of ether oxygens (including phenoxy) is 2. The largest absolute Gasteiger partial charge is 0.460 e. The second-order valence-electron chi connectivity index (χ2n) is 9.33. The standard InChI is InChI=1S/C19H33NO5/c1-13(2)11-19(12-14(21)24-17(3,4)5)9-10-20(15(19)22)16(23)25-18(6,7)8/h13H,9-12H2,1-8H3/t19-/m1/s1. The molecule has 1 saturated heterocycles. The summed E-state index contributed by atoms with van der Waals surface area (Å²) in [6, 6.07) is 0. The number of carbonyl (C=O) groups is 3. The highest BCUT2D eigenvalue weighted by Crippen LogP contribution is 2.42. The Kier molecular flexibility index (Phi) is 6.30. The molecule has 0 aromatic heterocycles. The second-order valence-corrected chi connectivity index (χ2v) is 9.33. The fourth-order valence-electron chi connectivity index (χ4n) is 3.17. The van der Waals surface area contributed by atoms with Crippen LogP contribution in [0.15, 0.2) is 0 Å². The molecule has 1 heterocycles. The lowest BCUT2D eigenvalue weighted by Crippen LogP contribution is -2.43. The maximum atomic E-state index is 13.0. The summed E-state index contributed by atoms with van der Waals surface area (Å²) in [6.07, 6.45) is 0.320. The van der Waals surface area contributed by atoms with Crippen LogP contribution in [-0.2, 0) is 19.1 Å². The first-order valence-corrected chi connectivity index (χ1v) is 8.92. The molecule has 0 N–H and O–H groups in total. The van der Waals surface area contributed by atoms with Crippen LogP contribution in [0, 0.1) is 11.3 Å². The van der Waals surface area contributed by atoms with Crippen molar-refractivity contribution in [2.45, 2.75) is 85.9 Å². The Hall–Kier alpha value is -1.59. The van der Waals surface area contributed by atoms with Crippen molar-refractivity contribution in [2.24, 2.45) is 11.3 Å². The molecule has 6 heteroatoms. The van der Waals surface area contributed by atoms with E-state index in [1.54, 1.807) is 41.5 Å². The van der Waals surface area contributed by atoms with Crippen molar-refractivity contribution in [1.29, 1.82) is 0 Å². The van der Waals surface area contributed by atoms with Crippen LogP contribution in [0.5, 0.6) is 0 Å². The highest BCUT2D eigenvalue weighted by Gasteiger charge is 2.51. The summed E-state index contributed by atoms with van der Waals surface area (Å²) in [5, 5.41) is 0. The van der Waals surface area contributed by atoms with Crippen molar-refractivity contribution in [2.75, 3.05) is 6.54 Å². The summed E-state index contributed by atoms with van der Waals surface area (Å²) in [5.74, 6) is -0.529. The van der Waals surface area contributed by atoms with Crippen LogP contribution in [0.1, 0.15) is 74.7 Å². The van der Waals surface area contributed by atoms with Gasteiger partial charge in [-0.2, -0.15) is 0 Å². The average molecular weight is 355 g/mol. The molecule has 1 aliphatic rings. The van der Waals surface area contributed by atoms with Gasteiger partial charge in [-0.3, -0.25) is 9.59 Å². The topological polar surface area (TPSA) is 72.9 Å². The fraction of sp³-hybridized carbons (Fsp3) is 0.842. The van der Waals surface area contributed by atoms with E-state index in [1.165, 1.54) is 0 Å². The lowest BCUT2D eigenvalue weighted by molar-refractivity contribution is -0.160. The maximum Gasteiger partial charge on any atom is 0.417 e. The zero-order valence-corrected chi connectivity index (χ0v) is 16.9. The molecule has 0 aliphatic carbocycles. The Labute approximate surface area is 151 Å². The number of carbonyl (C=O) groups excluding carboxylic acids is 3. The molecule has 1 rings (SSSR count). The molecule has 0 saturated carbocycles. The minimum absolute atomic E-state index is 0.0133. The van der Waals surface area contributed by atoms with E-state index in [2.05, 4.69) is 0 Å². The van der Waals surface area contributed by atoms with Crippen LogP contribution in [0.3, 0.4) is 0 Å². The molecule has 1 aliphatic heterocycles. The van der Waals surface area contributed by atoms with Gasteiger partial charge in [-0.1, -0.05) is 13.8 Å². The number of imide groups is 1. The first-order chi connectivity index (χ1) is 11.2. The predicted octanol–water partition coefficient (Wildman–Crippen LogP) is 3.92. The number of hydrogen-bond acceptors (Lipinski definition) is 5. The molecule has 1 fully saturated rings. The number of hydrogen-bond donors (Lipinski definition) is 0. The zero-order chi connectivity index (χ0) is 19.6. The summed E-state index contributed by atoms with van der Waals surface area (Å²) < 4.78 is 10.7. The van der Waals surface area contributed by atoms with Crippen molar-refractivity contribution in [1.82, 2.24) is 4.90 Å². The van der Waals surface area contributed by atoms with Gasteiger partial charge in [-0.25, -0.2) is 9.69 Å². The van der Waals surface area contributed by atoms with Crippen LogP contribution in [0.2, 0.25) is 0 Å². The van der Waals surface area contributed by atoms with Gasteiger partial charge in [0.25, 0.3) is 0 Å². The Morgan fingerprint density at radius 1 is 1.08 bits per heavy atom. The lowest BCUT2D eigenvalue weighted by atomic mass is 9.76. The van der Waals surface area contributed by atoms with E-state index >= 15 is 0 Å². The monoisotopic (exact) mass is 355 g/mol. The van der Waals surface area contributed by atoms with E-state index in [0.717, 1.165) is 4.90 Å². The van der Waals surface area contributed by atoms with Gasteiger partial charge in [0, 0.05) is 6.54 Å². The Balaban J connectivity index is 2.98. The average Bonchev–Trinajstić information content (AvgIpc) is 2.61. The molecule has 144 valence electrons. The Morgan fingerprint density at radius 2 is 1.60 bits per heavy atom. The molecular weight excluding hydrogens is 322 g/mol. The van der Waals surface area contributed by atoms with Gasteiger partial charge in [0.2, 0.25) is 5.91 Å². The zero-order valence-electron chi connectivity index (χ0n) is 16.9.